The highest BCUT2D eigenvalue weighted by Gasteiger charge is 2.12. The Balaban J connectivity index is 1.94. The summed E-state index contributed by atoms with van der Waals surface area (Å²) in [6, 6.07) is 14.7. The fourth-order valence-electron chi connectivity index (χ4n) is 1.91. The molecule has 0 aliphatic rings. The first-order valence-corrected chi connectivity index (χ1v) is 5.96. The molecule has 2 aromatic carbocycles. The van der Waals surface area contributed by atoms with Crippen LogP contribution >= 0.6 is 0 Å². The molecular weight excluding hydrogens is 240 g/mol. The van der Waals surface area contributed by atoms with Crippen LogP contribution in [0, 0.1) is 6.92 Å². The molecule has 0 saturated heterocycles. The fourth-order valence-corrected chi connectivity index (χ4v) is 1.91. The normalized spacial score (nSPS) is 10.6. The largest absolute Gasteiger partial charge is 0.354 e. The number of amides is 1. The lowest BCUT2D eigenvalue weighted by Gasteiger charge is -2.01. The highest BCUT2D eigenvalue weighted by atomic mass is 16.5. The third-order valence-corrected chi connectivity index (χ3v) is 2.89. The van der Waals surface area contributed by atoms with Crippen LogP contribution in [0.15, 0.2) is 53.1 Å². The number of carbonyl (C=O) groups is 1. The van der Waals surface area contributed by atoms with Crippen molar-refractivity contribution in [3.63, 3.8) is 0 Å². The van der Waals surface area contributed by atoms with Crippen LogP contribution < -0.4 is 5.32 Å². The van der Waals surface area contributed by atoms with Crippen molar-refractivity contribution in [1.82, 2.24) is 5.16 Å². The Bertz CT molecular complexity index is 732. The Hall–Kier alpha value is -2.62. The molecule has 0 spiro atoms. The lowest BCUT2D eigenvalue weighted by Crippen LogP contribution is -2.11. The Morgan fingerprint density at radius 3 is 2.74 bits per heavy atom. The van der Waals surface area contributed by atoms with Gasteiger partial charge in [0.05, 0.1) is 5.39 Å². The first-order chi connectivity index (χ1) is 9.24. The van der Waals surface area contributed by atoms with E-state index in [0.29, 0.717) is 17.0 Å². The first kappa shape index (κ1) is 11.5. The monoisotopic (exact) mass is 252 g/mol. The van der Waals surface area contributed by atoms with Crippen molar-refractivity contribution in [2.75, 3.05) is 5.32 Å². The third-order valence-electron chi connectivity index (χ3n) is 2.89. The van der Waals surface area contributed by atoms with Gasteiger partial charge in [0.25, 0.3) is 5.91 Å². The molecule has 4 nitrogen and oxygen atoms in total. The quantitative estimate of drug-likeness (QED) is 0.760. The van der Waals surface area contributed by atoms with Gasteiger partial charge >= 0.3 is 0 Å². The van der Waals surface area contributed by atoms with E-state index in [1.807, 2.05) is 43.3 Å². The van der Waals surface area contributed by atoms with Crippen LogP contribution in [-0.4, -0.2) is 11.1 Å². The molecule has 94 valence electrons. The molecule has 3 aromatic rings. The van der Waals surface area contributed by atoms with E-state index in [2.05, 4.69) is 10.5 Å². The molecular formula is C15H12N2O2. The summed E-state index contributed by atoms with van der Waals surface area (Å²) in [4.78, 5) is 12.0. The molecule has 4 heteroatoms. The van der Waals surface area contributed by atoms with Gasteiger partial charge in [0.1, 0.15) is 0 Å². The number of anilines is 1. The van der Waals surface area contributed by atoms with Crippen molar-refractivity contribution >= 4 is 22.7 Å². The van der Waals surface area contributed by atoms with Crippen LogP contribution in [-0.2, 0) is 0 Å². The van der Waals surface area contributed by atoms with Crippen LogP contribution in [0.3, 0.4) is 0 Å². The summed E-state index contributed by atoms with van der Waals surface area (Å²) >= 11 is 0. The van der Waals surface area contributed by atoms with Gasteiger partial charge in [-0.15, -0.1) is 0 Å². The second-order valence-corrected chi connectivity index (χ2v) is 4.35. The summed E-state index contributed by atoms with van der Waals surface area (Å²) in [5.41, 5.74) is 2.34. The summed E-state index contributed by atoms with van der Waals surface area (Å²) in [5.74, 6) is 0.254. The topological polar surface area (TPSA) is 55.1 Å². The van der Waals surface area contributed by atoms with Crippen molar-refractivity contribution in [1.29, 1.82) is 0 Å². The zero-order valence-electron chi connectivity index (χ0n) is 10.4. The van der Waals surface area contributed by atoms with Crippen molar-refractivity contribution in [3.8, 4) is 0 Å². The van der Waals surface area contributed by atoms with Crippen LogP contribution in [0.25, 0.3) is 11.0 Å². The van der Waals surface area contributed by atoms with E-state index in [0.717, 1.165) is 10.9 Å². The minimum absolute atomic E-state index is 0.197. The zero-order chi connectivity index (χ0) is 13.2. The van der Waals surface area contributed by atoms with E-state index in [-0.39, 0.29) is 5.91 Å². The van der Waals surface area contributed by atoms with E-state index in [9.17, 15) is 4.79 Å². The molecule has 0 aliphatic carbocycles. The van der Waals surface area contributed by atoms with E-state index in [1.54, 1.807) is 12.1 Å². The van der Waals surface area contributed by atoms with Gasteiger partial charge in [-0.2, -0.15) is 0 Å². The Morgan fingerprint density at radius 1 is 1.16 bits per heavy atom. The minimum Gasteiger partial charge on any atom is -0.354 e. The Kier molecular flexibility index (Phi) is 2.76. The lowest BCUT2D eigenvalue weighted by atomic mass is 10.1. The van der Waals surface area contributed by atoms with Crippen LogP contribution in [0.4, 0.5) is 5.82 Å². The number of carbonyl (C=O) groups excluding carboxylic acids is 1. The molecule has 3 rings (SSSR count). The molecule has 0 atom stereocenters. The maximum absolute atomic E-state index is 12.0. The predicted octanol–water partition coefficient (Wildman–Crippen LogP) is 3.39. The standard InChI is InChI=1S/C15H12N2O2/c1-10-7-8-13-12(9-10)14(17-19-13)16-15(18)11-5-3-2-4-6-11/h2-9H,1H3,(H,16,17,18). The smallest absolute Gasteiger partial charge is 0.256 e. The molecule has 1 heterocycles. The number of rotatable bonds is 2. The summed E-state index contributed by atoms with van der Waals surface area (Å²) in [5, 5.41) is 7.47. The van der Waals surface area contributed by atoms with Gasteiger partial charge in [-0.25, -0.2) is 0 Å². The molecule has 0 unspecified atom stereocenters. The summed E-state index contributed by atoms with van der Waals surface area (Å²) < 4.78 is 5.18. The second kappa shape index (κ2) is 4.57. The molecule has 0 fully saturated rings. The van der Waals surface area contributed by atoms with E-state index >= 15 is 0 Å². The van der Waals surface area contributed by atoms with Gasteiger partial charge in [-0.3, -0.25) is 4.79 Å². The average Bonchev–Trinajstić information content (AvgIpc) is 2.82. The number of nitrogens with zero attached hydrogens (tertiary/aromatic N) is 1. The molecule has 0 aliphatic heterocycles. The molecule has 1 N–H and O–H groups in total. The van der Waals surface area contributed by atoms with Gasteiger partial charge in [0.2, 0.25) is 0 Å². The third kappa shape index (κ3) is 2.20. The van der Waals surface area contributed by atoms with Gasteiger partial charge in [0.15, 0.2) is 11.4 Å². The first-order valence-electron chi connectivity index (χ1n) is 5.96. The number of hydrogen-bond donors (Lipinski definition) is 1. The molecule has 0 radical (unpaired) electrons. The zero-order valence-corrected chi connectivity index (χ0v) is 10.4. The minimum atomic E-state index is -0.197. The molecule has 19 heavy (non-hydrogen) atoms. The molecule has 1 aromatic heterocycles. The van der Waals surface area contributed by atoms with E-state index < -0.39 is 0 Å². The Morgan fingerprint density at radius 2 is 1.95 bits per heavy atom. The molecule has 0 saturated carbocycles. The maximum Gasteiger partial charge on any atom is 0.256 e. The van der Waals surface area contributed by atoms with E-state index in [1.165, 1.54) is 0 Å². The SMILES string of the molecule is Cc1ccc2onc(NC(=O)c3ccccc3)c2c1. The van der Waals surface area contributed by atoms with Crippen molar-refractivity contribution in [2.24, 2.45) is 0 Å². The van der Waals surface area contributed by atoms with Crippen molar-refractivity contribution in [2.45, 2.75) is 6.92 Å². The van der Waals surface area contributed by atoms with Gasteiger partial charge < -0.3 is 9.84 Å². The lowest BCUT2D eigenvalue weighted by molar-refractivity contribution is 0.102. The number of benzene rings is 2. The van der Waals surface area contributed by atoms with Gasteiger partial charge in [-0.1, -0.05) is 35.0 Å². The number of aromatic nitrogens is 1. The number of hydrogen-bond acceptors (Lipinski definition) is 3. The summed E-state index contributed by atoms with van der Waals surface area (Å²) in [6.45, 7) is 1.98. The van der Waals surface area contributed by atoms with Gasteiger partial charge in [0, 0.05) is 5.56 Å². The van der Waals surface area contributed by atoms with Crippen molar-refractivity contribution < 1.29 is 9.32 Å². The Labute approximate surface area is 110 Å². The number of fused-ring (bicyclic) bond motifs is 1. The van der Waals surface area contributed by atoms with Gasteiger partial charge in [-0.05, 0) is 31.2 Å². The number of nitrogens with one attached hydrogen (secondary N) is 1. The van der Waals surface area contributed by atoms with Crippen molar-refractivity contribution in [3.05, 3.63) is 59.7 Å². The molecule has 1 amide bonds. The fraction of sp³-hybridized carbons (Fsp3) is 0.0667. The highest BCUT2D eigenvalue weighted by Crippen LogP contribution is 2.24. The van der Waals surface area contributed by atoms with E-state index in [4.69, 9.17) is 4.52 Å². The summed E-state index contributed by atoms with van der Waals surface area (Å²) in [6.07, 6.45) is 0. The van der Waals surface area contributed by atoms with Crippen LogP contribution in [0.5, 0.6) is 0 Å². The molecule has 0 bridgehead atoms. The number of aryl methyl sites for hydroxylation is 1. The average molecular weight is 252 g/mol. The predicted molar refractivity (Wildman–Crippen MR) is 73.1 cm³/mol. The van der Waals surface area contributed by atoms with Crippen LogP contribution in [0.2, 0.25) is 0 Å². The maximum atomic E-state index is 12.0. The second-order valence-electron chi connectivity index (χ2n) is 4.35. The van der Waals surface area contributed by atoms with Crippen LogP contribution in [0.1, 0.15) is 15.9 Å². The summed E-state index contributed by atoms with van der Waals surface area (Å²) in [7, 11) is 0. The highest BCUT2D eigenvalue weighted by molar-refractivity contribution is 6.07.